The van der Waals surface area contributed by atoms with E-state index in [4.69, 9.17) is 9.47 Å². The summed E-state index contributed by atoms with van der Waals surface area (Å²) >= 11 is 1.49. The predicted molar refractivity (Wildman–Crippen MR) is 90.7 cm³/mol. The van der Waals surface area contributed by atoms with Crippen molar-refractivity contribution >= 4 is 34.7 Å². The molecule has 1 N–H and O–H groups in total. The zero-order valence-corrected chi connectivity index (χ0v) is 14.5. The highest BCUT2D eigenvalue weighted by Crippen LogP contribution is 2.40. The molecule has 0 spiro atoms. The lowest BCUT2D eigenvalue weighted by atomic mass is 9.82. The fourth-order valence-corrected chi connectivity index (χ4v) is 3.78. The smallest absolute Gasteiger partial charge is 0.323 e. The first-order chi connectivity index (χ1) is 11.6. The number of hydrogen-bond acceptors (Lipinski definition) is 6. The quantitative estimate of drug-likeness (QED) is 0.491. The second-order valence-corrected chi connectivity index (χ2v) is 6.77. The zero-order valence-electron chi connectivity index (χ0n) is 13.7. The molecule has 24 heavy (non-hydrogen) atoms. The Bertz CT molecular complexity index is 727. The molecule has 7 heteroatoms. The molecule has 3 rings (SSSR count). The summed E-state index contributed by atoms with van der Waals surface area (Å²) in [6, 6.07) is 7.78. The van der Waals surface area contributed by atoms with Crippen LogP contribution in [0.1, 0.15) is 26.7 Å². The highest BCUT2D eigenvalue weighted by molar-refractivity contribution is 7.99. The van der Waals surface area contributed by atoms with E-state index in [9.17, 15) is 9.59 Å². The third-order valence-electron chi connectivity index (χ3n) is 4.28. The van der Waals surface area contributed by atoms with Crippen molar-refractivity contribution in [3.05, 3.63) is 24.3 Å². The van der Waals surface area contributed by atoms with Crippen molar-refractivity contribution in [2.45, 2.75) is 37.9 Å². The number of para-hydroxylation sites is 2. The van der Waals surface area contributed by atoms with Crippen LogP contribution in [0.15, 0.2) is 29.4 Å². The topological polar surface area (TPSA) is 81.3 Å². The predicted octanol–water partition coefficient (Wildman–Crippen LogP) is 2.93. The molecular weight excluding hydrogens is 328 g/mol. The highest BCUT2D eigenvalue weighted by atomic mass is 32.2. The Kier molecular flexibility index (Phi) is 4.80. The molecular formula is C17H20N2O4S. The third-order valence-corrected chi connectivity index (χ3v) is 5.29. The number of nitrogens with zero attached hydrogens (tertiary/aromatic N) is 1. The Morgan fingerprint density at radius 2 is 2.25 bits per heavy atom. The Morgan fingerprint density at radius 1 is 1.46 bits per heavy atom. The summed E-state index contributed by atoms with van der Waals surface area (Å²) in [6.45, 7) is 3.80. The lowest BCUT2D eigenvalue weighted by molar-refractivity contribution is -0.165. The van der Waals surface area contributed by atoms with Gasteiger partial charge in [0.05, 0.1) is 17.6 Å². The van der Waals surface area contributed by atoms with Crippen LogP contribution >= 0.6 is 11.8 Å². The molecule has 1 aliphatic rings. The fraction of sp³-hybridized carbons (Fsp3) is 0.471. The molecule has 2 aromatic rings. The zero-order chi connectivity index (χ0) is 17.2. The van der Waals surface area contributed by atoms with Crippen LogP contribution < -0.4 is 0 Å². The number of aromatic nitrogens is 2. The van der Waals surface area contributed by atoms with Gasteiger partial charge in [-0.1, -0.05) is 30.8 Å². The summed E-state index contributed by atoms with van der Waals surface area (Å²) in [6.07, 6.45) is 0.422. The Hall–Kier alpha value is -2.02. The van der Waals surface area contributed by atoms with Gasteiger partial charge in [0.1, 0.15) is 6.10 Å². The van der Waals surface area contributed by atoms with Crippen molar-refractivity contribution < 1.29 is 19.1 Å². The molecule has 1 aromatic carbocycles. The van der Waals surface area contributed by atoms with Crippen LogP contribution in [0.25, 0.3) is 11.0 Å². The van der Waals surface area contributed by atoms with Crippen LogP contribution in [0.2, 0.25) is 0 Å². The van der Waals surface area contributed by atoms with E-state index >= 15 is 0 Å². The second kappa shape index (κ2) is 6.84. The first-order valence-electron chi connectivity index (χ1n) is 8.05. The molecule has 0 bridgehead atoms. The van der Waals surface area contributed by atoms with E-state index in [1.54, 1.807) is 6.92 Å². The third kappa shape index (κ3) is 3.00. The minimum Gasteiger partial charge on any atom is -0.465 e. The van der Waals surface area contributed by atoms with Crippen molar-refractivity contribution in [3.63, 3.8) is 0 Å². The van der Waals surface area contributed by atoms with Crippen molar-refractivity contribution in [2.24, 2.45) is 5.41 Å². The number of cyclic esters (lactones) is 1. The molecule has 0 saturated carbocycles. The summed E-state index contributed by atoms with van der Waals surface area (Å²) in [4.78, 5) is 32.2. The van der Waals surface area contributed by atoms with Gasteiger partial charge in [0.2, 0.25) is 0 Å². The van der Waals surface area contributed by atoms with Crippen LogP contribution in [-0.2, 0) is 19.1 Å². The SMILES string of the molecule is CCOC(=O)[C@@]1(CC)C[C@H](CSc2nc3ccccc3[nH]2)OC1=O. The van der Waals surface area contributed by atoms with Gasteiger partial charge in [-0.15, -0.1) is 0 Å². The lowest BCUT2D eigenvalue weighted by Gasteiger charge is -2.20. The van der Waals surface area contributed by atoms with Gasteiger partial charge in [-0.3, -0.25) is 9.59 Å². The monoisotopic (exact) mass is 348 g/mol. The number of carbonyl (C=O) groups excluding carboxylic acids is 2. The molecule has 1 aromatic heterocycles. The fourth-order valence-electron chi connectivity index (χ4n) is 2.91. The van der Waals surface area contributed by atoms with Gasteiger partial charge < -0.3 is 14.5 Å². The number of fused-ring (bicyclic) bond motifs is 1. The van der Waals surface area contributed by atoms with Crippen LogP contribution in [0.5, 0.6) is 0 Å². The van der Waals surface area contributed by atoms with E-state index in [2.05, 4.69) is 9.97 Å². The molecule has 0 unspecified atom stereocenters. The number of esters is 2. The number of carbonyl (C=O) groups is 2. The number of hydrogen-bond donors (Lipinski definition) is 1. The van der Waals surface area contributed by atoms with Crippen molar-refractivity contribution in [2.75, 3.05) is 12.4 Å². The molecule has 6 nitrogen and oxygen atoms in total. The van der Waals surface area contributed by atoms with E-state index < -0.39 is 17.4 Å². The molecule has 2 heterocycles. The first kappa shape index (κ1) is 16.8. The average molecular weight is 348 g/mol. The largest absolute Gasteiger partial charge is 0.465 e. The Morgan fingerprint density at radius 3 is 2.96 bits per heavy atom. The van der Waals surface area contributed by atoms with E-state index in [-0.39, 0.29) is 12.7 Å². The summed E-state index contributed by atoms with van der Waals surface area (Å²) < 4.78 is 10.5. The Labute approximate surface area is 144 Å². The van der Waals surface area contributed by atoms with Crippen molar-refractivity contribution in [3.8, 4) is 0 Å². The summed E-state index contributed by atoms with van der Waals surface area (Å²) in [5.41, 5.74) is 0.713. The van der Waals surface area contributed by atoms with Gasteiger partial charge in [0, 0.05) is 12.2 Å². The maximum absolute atomic E-state index is 12.3. The number of benzene rings is 1. The molecule has 128 valence electrons. The molecule has 2 atom stereocenters. The standard InChI is InChI=1S/C17H20N2O4S/c1-3-17(14(20)22-4-2)9-11(23-15(17)21)10-24-16-18-12-7-5-6-8-13(12)19-16/h5-8,11H,3-4,9-10H2,1-2H3,(H,18,19)/t11-,17-/m1/s1. The number of aromatic amines is 1. The maximum Gasteiger partial charge on any atom is 0.323 e. The molecule has 1 fully saturated rings. The van der Waals surface area contributed by atoms with Gasteiger partial charge in [0.25, 0.3) is 0 Å². The van der Waals surface area contributed by atoms with E-state index in [0.29, 0.717) is 18.6 Å². The minimum atomic E-state index is -1.16. The molecule has 0 aliphatic carbocycles. The normalized spacial score (nSPS) is 23.4. The summed E-state index contributed by atoms with van der Waals surface area (Å²) in [5.74, 6) is -0.403. The molecule has 0 radical (unpaired) electrons. The van der Waals surface area contributed by atoms with Crippen LogP contribution in [0.3, 0.4) is 0 Å². The molecule has 1 aliphatic heterocycles. The first-order valence-corrected chi connectivity index (χ1v) is 9.03. The van der Waals surface area contributed by atoms with Gasteiger partial charge in [-0.05, 0) is 25.5 Å². The summed E-state index contributed by atoms with van der Waals surface area (Å²) in [5, 5.41) is 0.775. The average Bonchev–Trinajstić information content (AvgIpc) is 3.14. The number of H-pyrrole nitrogens is 1. The number of nitrogens with one attached hydrogen (secondary N) is 1. The van der Waals surface area contributed by atoms with Gasteiger partial charge in [-0.25, -0.2) is 4.98 Å². The van der Waals surface area contributed by atoms with Crippen LogP contribution in [0, 0.1) is 5.41 Å². The van der Waals surface area contributed by atoms with E-state index in [0.717, 1.165) is 16.2 Å². The second-order valence-electron chi connectivity index (χ2n) is 5.76. The summed E-state index contributed by atoms with van der Waals surface area (Å²) in [7, 11) is 0. The van der Waals surface area contributed by atoms with Gasteiger partial charge in [-0.2, -0.15) is 0 Å². The van der Waals surface area contributed by atoms with E-state index in [1.165, 1.54) is 11.8 Å². The van der Waals surface area contributed by atoms with Crippen molar-refractivity contribution in [1.29, 1.82) is 0 Å². The maximum atomic E-state index is 12.3. The highest BCUT2D eigenvalue weighted by Gasteiger charge is 2.54. The van der Waals surface area contributed by atoms with Gasteiger partial charge >= 0.3 is 11.9 Å². The number of rotatable bonds is 6. The number of imidazole rings is 1. The number of thioether (sulfide) groups is 1. The minimum absolute atomic E-state index is 0.256. The van der Waals surface area contributed by atoms with Crippen LogP contribution in [-0.4, -0.2) is 40.4 Å². The van der Waals surface area contributed by atoms with E-state index in [1.807, 2.05) is 31.2 Å². The van der Waals surface area contributed by atoms with Crippen molar-refractivity contribution in [1.82, 2.24) is 9.97 Å². The molecule has 1 saturated heterocycles. The number of ether oxygens (including phenoxy) is 2. The van der Waals surface area contributed by atoms with Gasteiger partial charge in [0.15, 0.2) is 10.6 Å². The van der Waals surface area contributed by atoms with Crippen LogP contribution in [0.4, 0.5) is 0 Å². The molecule has 0 amide bonds. The lowest BCUT2D eigenvalue weighted by Crippen LogP contribution is -2.36. The Balaban J connectivity index is 1.66.